The molecule has 23 heavy (non-hydrogen) atoms. The lowest BCUT2D eigenvalue weighted by Gasteiger charge is -2.36. The van der Waals surface area contributed by atoms with Gasteiger partial charge in [-0.2, -0.15) is 0 Å². The van der Waals surface area contributed by atoms with Crippen LogP contribution in [0.4, 0.5) is 0 Å². The van der Waals surface area contributed by atoms with Gasteiger partial charge in [-0.15, -0.1) is 0 Å². The molecule has 2 rings (SSSR count). The molecule has 0 amide bonds. The molecule has 0 heterocycles. The molecular formula is C17H23ClO4S. The maximum Gasteiger partial charge on any atom is 0.339 e. The third kappa shape index (κ3) is 4.48. The Morgan fingerprint density at radius 1 is 1.26 bits per heavy atom. The molecule has 1 aliphatic rings. The third-order valence-electron chi connectivity index (χ3n) is 4.59. The van der Waals surface area contributed by atoms with Crippen LogP contribution in [0.15, 0.2) is 29.2 Å². The highest BCUT2D eigenvalue weighted by Gasteiger charge is 2.34. The summed E-state index contributed by atoms with van der Waals surface area (Å²) in [6.45, 7) is 6.39. The molecule has 6 heteroatoms. The van der Waals surface area contributed by atoms with E-state index in [2.05, 4.69) is 20.8 Å². The van der Waals surface area contributed by atoms with E-state index in [1.165, 1.54) is 18.2 Å². The third-order valence-corrected chi connectivity index (χ3v) is 5.97. The highest BCUT2D eigenvalue weighted by molar-refractivity contribution is 8.13. The Hall–Kier alpha value is -1.07. The normalized spacial score (nSPS) is 25.3. The van der Waals surface area contributed by atoms with E-state index >= 15 is 0 Å². The quantitative estimate of drug-likeness (QED) is 0.596. The average Bonchev–Trinajstić information content (AvgIpc) is 2.46. The zero-order chi connectivity index (χ0) is 17.2. The standard InChI is InChI=1S/C17H23ClO4S/c1-11(2)13-9-8-12(3)10-15(13)22-17(19)14-6-4-5-7-16(14)23(18,20)21/h4-7,11-13,15H,8-10H2,1-3H3. The van der Waals surface area contributed by atoms with Crippen LogP contribution in [0.2, 0.25) is 0 Å². The van der Waals surface area contributed by atoms with Gasteiger partial charge in [0.05, 0.1) is 10.5 Å². The van der Waals surface area contributed by atoms with Crippen LogP contribution in [0.1, 0.15) is 50.4 Å². The first-order chi connectivity index (χ1) is 10.7. The van der Waals surface area contributed by atoms with Gasteiger partial charge in [-0.3, -0.25) is 0 Å². The van der Waals surface area contributed by atoms with Crippen LogP contribution < -0.4 is 0 Å². The zero-order valence-electron chi connectivity index (χ0n) is 13.7. The summed E-state index contributed by atoms with van der Waals surface area (Å²) < 4.78 is 29.0. The van der Waals surface area contributed by atoms with Crippen molar-refractivity contribution in [2.45, 2.75) is 51.0 Å². The van der Waals surface area contributed by atoms with Crippen molar-refractivity contribution in [1.82, 2.24) is 0 Å². The molecule has 4 nitrogen and oxygen atoms in total. The van der Waals surface area contributed by atoms with Crippen molar-refractivity contribution in [3.63, 3.8) is 0 Å². The second-order valence-electron chi connectivity index (χ2n) is 6.70. The van der Waals surface area contributed by atoms with Crippen molar-refractivity contribution in [2.75, 3.05) is 0 Å². The largest absolute Gasteiger partial charge is 0.458 e. The number of hydrogen-bond acceptors (Lipinski definition) is 4. The first-order valence-electron chi connectivity index (χ1n) is 7.94. The fourth-order valence-electron chi connectivity index (χ4n) is 3.30. The molecule has 0 bridgehead atoms. The van der Waals surface area contributed by atoms with E-state index in [-0.39, 0.29) is 16.6 Å². The minimum absolute atomic E-state index is 0.00299. The Labute approximate surface area is 142 Å². The second kappa shape index (κ2) is 7.22. The van der Waals surface area contributed by atoms with E-state index in [0.717, 1.165) is 19.3 Å². The fraction of sp³-hybridized carbons (Fsp3) is 0.588. The number of carbonyl (C=O) groups is 1. The molecule has 1 aromatic carbocycles. The monoisotopic (exact) mass is 358 g/mol. The molecule has 0 radical (unpaired) electrons. The Bertz CT molecular complexity index is 669. The predicted molar refractivity (Wildman–Crippen MR) is 90.0 cm³/mol. The molecule has 1 aromatic rings. The lowest BCUT2D eigenvalue weighted by Crippen LogP contribution is -2.36. The van der Waals surface area contributed by atoms with Crippen LogP contribution in [0.25, 0.3) is 0 Å². The molecule has 1 saturated carbocycles. The molecule has 1 aliphatic carbocycles. The van der Waals surface area contributed by atoms with Crippen molar-refractivity contribution in [3.05, 3.63) is 29.8 Å². The summed E-state index contributed by atoms with van der Waals surface area (Å²) in [5.41, 5.74) is 0.00299. The van der Waals surface area contributed by atoms with Crippen LogP contribution in [-0.2, 0) is 13.8 Å². The minimum Gasteiger partial charge on any atom is -0.458 e. The van der Waals surface area contributed by atoms with Crippen LogP contribution in [-0.4, -0.2) is 20.5 Å². The molecule has 0 aromatic heterocycles. The topological polar surface area (TPSA) is 60.4 Å². The molecule has 3 atom stereocenters. The van der Waals surface area contributed by atoms with Crippen LogP contribution >= 0.6 is 10.7 Å². The van der Waals surface area contributed by atoms with Gasteiger partial charge >= 0.3 is 5.97 Å². The molecule has 0 aliphatic heterocycles. The summed E-state index contributed by atoms with van der Waals surface area (Å²) in [6, 6.07) is 5.90. The Balaban J connectivity index is 2.24. The first-order valence-corrected chi connectivity index (χ1v) is 10.3. The zero-order valence-corrected chi connectivity index (χ0v) is 15.2. The molecule has 1 fully saturated rings. The number of hydrogen-bond donors (Lipinski definition) is 0. The molecule has 3 unspecified atom stereocenters. The van der Waals surface area contributed by atoms with Gasteiger partial charge in [-0.05, 0) is 42.7 Å². The van der Waals surface area contributed by atoms with E-state index in [4.69, 9.17) is 15.4 Å². The van der Waals surface area contributed by atoms with Crippen molar-refractivity contribution >= 4 is 25.7 Å². The Morgan fingerprint density at radius 2 is 1.91 bits per heavy atom. The lowest BCUT2D eigenvalue weighted by molar-refractivity contribution is -0.0177. The van der Waals surface area contributed by atoms with Gasteiger partial charge in [0.2, 0.25) is 0 Å². The van der Waals surface area contributed by atoms with Gasteiger partial charge in [0.25, 0.3) is 9.05 Å². The highest BCUT2D eigenvalue weighted by atomic mass is 35.7. The Morgan fingerprint density at radius 3 is 2.52 bits per heavy atom. The van der Waals surface area contributed by atoms with Crippen LogP contribution in [0.5, 0.6) is 0 Å². The van der Waals surface area contributed by atoms with Crippen LogP contribution in [0, 0.1) is 17.8 Å². The summed E-state index contributed by atoms with van der Waals surface area (Å²) in [4.78, 5) is 12.3. The second-order valence-corrected chi connectivity index (χ2v) is 9.24. The maximum absolute atomic E-state index is 12.5. The SMILES string of the molecule is CC1CCC(C(C)C)C(OC(=O)c2ccccc2S(=O)(=O)Cl)C1. The summed E-state index contributed by atoms with van der Waals surface area (Å²) in [7, 11) is 1.43. The van der Waals surface area contributed by atoms with Gasteiger partial charge in [-0.1, -0.05) is 39.3 Å². The summed E-state index contributed by atoms with van der Waals surface area (Å²) in [5.74, 6) is 0.589. The maximum atomic E-state index is 12.5. The molecule has 0 saturated heterocycles. The van der Waals surface area contributed by atoms with Crippen molar-refractivity contribution in [2.24, 2.45) is 17.8 Å². The average molecular weight is 359 g/mol. The van der Waals surface area contributed by atoms with Crippen molar-refractivity contribution in [3.8, 4) is 0 Å². The highest BCUT2D eigenvalue weighted by Crippen LogP contribution is 2.36. The number of rotatable bonds is 4. The molecular weight excluding hydrogens is 336 g/mol. The van der Waals surface area contributed by atoms with E-state index in [1.807, 2.05) is 0 Å². The fourth-order valence-corrected chi connectivity index (χ4v) is 4.36. The number of ether oxygens (including phenoxy) is 1. The number of carbonyl (C=O) groups excluding carboxylic acids is 1. The summed E-state index contributed by atoms with van der Waals surface area (Å²) in [5, 5.41) is 0. The van der Waals surface area contributed by atoms with Gasteiger partial charge in [-0.25, -0.2) is 13.2 Å². The summed E-state index contributed by atoms with van der Waals surface area (Å²) in [6.07, 6.45) is 2.78. The first kappa shape index (κ1) is 18.3. The Kier molecular flexibility index (Phi) is 5.74. The van der Waals surface area contributed by atoms with E-state index in [1.54, 1.807) is 6.07 Å². The van der Waals surface area contributed by atoms with E-state index < -0.39 is 15.0 Å². The number of esters is 1. The smallest absolute Gasteiger partial charge is 0.339 e. The van der Waals surface area contributed by atoms with Crippen molar-refractivity contribution < 1.29 is 17.9 Å². The van der Waals surface area contributed by atoms with Crippen molar-refractivity contribution in [1.29, 1.82) is 0 Å². The van der Waals surface area contributed by atoms with Gasteiger partial charge < -0.3 is 4.74 Å². The summed E-state index contributed by atoms with van der Waals surface area (Å²) >= 11 is 0. The molecule has 0 spiro atoms. The molecule has 128 valence electrons. The van der Waals surface area contributed by atoms with Gasteiger partial charge in [0, 0.05) is 10.7 Å². The van der Waals surface area contributed by atoms with Gasteiger partial charge in [0.1, 0.15) is 6.10 Å². The minimum atomic E-state index is -3.99. The number of benzene rings is 1. The van der Waals surface area contributed by atoms with Crippen LogP contribution in [0.3, 0.4) is 0 Å². The predicted octanol–water partition coefficient (Wildman–Crippen LogP) is 4.23. The van der Waals surface area contributed by atoms with Gasteiger partial charge in [0.15, 0.2) is 0 Å². The lowest BCUT2D eigenvalue weighted by atomic mass is 9.75. The number of halogens is 1. The van der Waals surface area contributed by atoms with E-state index in [9.17, 15) is 13.2 Å². The van der Waals surface area contributed by atoms with E-state index in [0.29, 0.717) is 17.8 Å². The molecule has 0 N–H and O–H groups in total.